The summed E-state index contributed by atoms with van der Waals surface area (Å²) in [5.41, 5.74) is 0. The van der Waals surface area contributed by atoms with Gasteiger partial charge in [0, 0.05) is 49.9 Å². The predicted octanol–water partition coefficient (Wildman–Crippen LogP) is -3.89. The molecular weight excluding hydrogens is 423 g/mol. The Kier molecular flexibility index (Phi) is 491. The van der Waals surface area contributed by atoms with Crippen molar-refractivity contribution in [3.63, 3.8) is 0 Å². The molecule has 0 amide bonds. The van der Waals surface area contributed by atoms with E-state index in [1.165, 1.54) is 0 Å². The Labute approximate surface area is 101 Å². The van der Waals surface area contributed by atoms with Crippen LogP contribution in [0.15, 0.2) is 0 Å². The van der Waals surface area contributed by atoms with Crippen LogP contribution in [-0.2, 0) is 32.7 Å². The maximum Gasteiger partial charge on any atom is 4.00 e. The maximum atomic E-state index is 0. The zero-order valence-corrected chi connectivity index (χ0v) is 10.5. The van der Waals surface area contributed by atoms with Crippen LogP contribution in [0.25, 0.3) is 0 Å². The average Bonchev–Trinajstić information content (AvgIpc) is 0. The molecule has 2 nitrogen and oxygen atoms in total. The van der Waals surface area contributed by atoms with E-state index in [0.29, 0.717) is 0 Å². The molecule has 0 bridgehead atoms. The fourth-order valence-electron chi connectivity index (χ4n) is 0. The Balaban J connectivity index is 0. The average molecular weight is 424 g/mol. The van der Waals surface area contributed by atoms with Gasteiger partial charge in [0.1, 0.15) is 0 Å². The van der Waals surface area contributed by atoms with Crippen molar-refractivity contribution >= 4 is 49.9 Å². The molecule has 0 spiro atoms. The number of hydrogen-bond donors (Lipinski definition) is 0. The van der Waals surface area contributed by atoms with Crippen LogP contribution in [-0.4, -0.2) is 49.9 Å². The quantitative estimate of drug-likeness (QED) is 0.358. The molecule has 5 radical (unpaired) electrons. The van der Waals surface area contributed by atoms with Gasteiger partial charge in [-0.1, -0.05) is 0 Å². The zero-order chi connectivity index (χ0) is 0. The summed E-state index contributed by atoms with van der Waals surface area (Å²) >= 11 is 0. The SMILES string of the molecule is [Bi].[H-].[Li+].[O-2].[O-2].[Te].[Ti+4]. The van der Waals surface area contributed by atoms with Crippen molar-refractivity contribution < 1.29 is 53.0 Å². The van der Waals surface area contributed by atoms with Gasteiger partial charge in [-0.3, -0.25) is 0 Å². The summed E-state index contributed by atoms with van der Waals surface area (Å²) in [4.78, 5) is 0. The molecule has 0 N–H and O–H groups in total. The third-order valence-electron chi connectivity index (χ3n) is 0. The fraction of sp³-hybridized carbons (Fsp3) is 0. The van der Waals surface area contributed by atoms with Gasteiger partial charge in [-0.15, -0.1) is 0 Å². The second-order valence-electron chi connectivity index (χ2n) is 0. The third kappa shape index (κ3) is 28.5. The summed E-state index contributed by atoms with van der Waals surface area (Å²) in [5, 5.41) is 0. The Morgan fingerprint density at radius 3 is 1.00 bits per heavy atom. The Hall–Kier alpha value is 2.90. The van der Waals surface area contributed by atoms with E-state index < -0.39 is 0 Å². The van der Waals surface area contributed by atoms with Crippen molar-refractivity contribution in [2.75, 3.05) is 0 Å². The molecule has 0 rings (SSSR count). The van der Waals surface area contributed by atoms with Crippen LogP contribution >= 0.6 is 0 Å². The first-order valence-corrected chi connectivity index (χ1v) is 0. The third-order valence-corrected chi connectivity index (χ3v) is 0. The largest absolute Gasteiger partial charge is 4.00 e. The van der Waals surface area contributed by atoms with Gasteiger partial charge in [-0.25, -0.2) is 0 Å². The molecule has 0 aromatic heterocycles. The van der Waals surface area contributed by atoms with Gasteiger partial charge in [0.05, 0.1) is 0 Å². The molecular formula is HBiLiO2TeTi. The summed E-state index contributed by atoms with van der Waals surface area (Å²) < 4.78 is 0. The molecule has 0 aliphatic carbocycles. The molecule has 0 unspecified atom stereocenters. The summed E-state index contributed by atoms with van der Waals surface area (Å²) in [6, 6.07) is 0. The molecule has 6 heteroatoms. The molecule has 0 aliphatic heterocycles. The molecule has 6 heavy (non-hydrogen) atoms. The predicted molar refractivity (Wildman–Crippen MR) is 14.0 cm³/mol. The van der Waals surface area contributed by atoms with E-state index in [9.17, 15) is 0 Å². The first kappa shape index (κ1) is 66.0. The van der Waals surface area contributed by atoms with E-state index in [2.05, 4.69) is 0 Å². The molecule has 0 saturated carbocycles. The molecule has 0 fully saturated rings. The van der Waals surface area contributed by atoms with Crippen LogP contribution in [0.3, 0.4) is 0 Å². The van der Waals surface area contributed by atoms with Crippen molar-refractivity contribution in [1.82, 2.24) is 0 Å². The number of rotatable bonds is 0. The first-order chi connectivity index (χ1) is 0. The summed E-state index contributed by atoms with van der Waals surface area (Å²) in [5.74, 6) is 0. The second kappa shape index (κ2) is 44.7. The van der Waals surface area contributed by atoms with Gasteiger partial charge in [0.2, 0.25) is 0 Å². The van der Waals surface area contributed by atoms with Gasteiger partial charge in [0.15, 0.2) is 0 Å². The molecule has 0 aromatic rings. The Bertz CT molecular complexity index is 17.7. The van der Waals surface area contributed by atoms with Crippen molar-refractivity contribution in [3.05, 3.63) is 0 Å². The molecule has 0 saturated heterocycles. The molecule has 0 aromatic carbocycles. The monoisotopic (exact) mass is 427 g/mol. The molecule has 0 heterocycles. The summed E-state index contributed by atoms with van der Waals surface area (Å²) in [7, 11) is 0. The minimum absolute atomic E-state index is 0. The van der Waals surface area contributed by atoms with Gasteiger partial charge in [-0.2, -0.15) is 0 Å². The van der Waals surface area contributed by atoms with E-state index in [1.54, 1.807) is 0 Å². The molecule has 29 valence electrons. The molecule has 0 atom stereocenters. The standard InChI is InChI=1S/Bi.Li.2O.Te.Ti.H/q;+1;2*-2;;+4;-1. The maximum absolute atomic E-state index is 0. The van der Waals surface area contributed by atoms with E-state index in [0.717, 1.165) is 0 Å². The van der Waals surface area contributed by atoms with Gasteiger partial charge >= 0.3 is 40.6 Å². The van der Waals surface area contributed by atoms with E-state index >= 15 is 0 Å². The van der Waals surface area contributed by atoms with Crippen LogP contribution < -0.4 is 18.9 Å². The smallest absolute Gasteiger partial charge is 2.00 e. The van der Waals surface area contributed by atoms with Crippen LogP contribution in [0, 0.1) is 0 Å². The summed E-state index contributed by atoms with van der Waals surface area (Å²) in [6.45, 7) is 0. The van der Waals surface area contributed by atoms with Crippen LogP contribution in [0.2, 0.25) is 0 Å². The topological polar surface area (TPSA) is 57.0 Å². The van der Waals surface area contributed by atoms with Crippen molar-refractivity contribution in [2.45, 2.75) is 0 Å². The zero-order valence-electron chi connectivity index (χ0n) is 4.17. The normalized spacial score (nSPS) is 0. The van der Waals surface area contributed by atoms with Gasteiger partial charge in [-0.05, 0) is 0 Å². The Morgan fingerprint density at radius 1 is 1.00 bits per heavy atom. The fourth-order valence-corrected chi connectivity index (χ4v) is 0. The number of hydrogen-bond acceptors (Lipinski definition) is 0. The van der Waals surface area contributed by atoms with Crippen LogP contribution in [0.1, 0.15) is 1.43 Å². The second-order valence-corrected chi connectivity index (χ2v) is 0. The minimum atomic E-state index is 0. The van der Waals surface area contributed by atoms with E-state index in [-0.39, 0.29) is 103 Å². The Morgan fingerprint density at radius 2 is 1.00 bits per heavy atom. The van der Waals surface area contributed by atoms with E-state index in [4.69, 9.17) is 0 Å². The van der Waals surface area contributed by atoms with Gasteiger partial charge in [0.25, 0.3) is 0 Å². The first-order valence-electron chi connectivity index (χ1n) is 0. The van der Waals surface area contributed by atoms with Crippen LogP contribution in [0.4, 0.5) is 0 Å². The minimum Gasteiger partial charge on any atom is -2.00 e. The van der Waals surface area contributed by atoms with Gasteiger partial charge < -0.3 is 12.4 Å². The summed E-state index contributed by atoms with van der Waals surface area (Å²) in [6.07, 6.45) is 0. The van der Waals surface area contributed by atoms with Crippen molar-refractivity contribution in [3.8, 4) is 0 Å². The molecule has 0 aliphatic rings. The van der Waals surface area contributed by atoms with Crippen LogP contribution in [0.5, 0.6) is 0 Å². The van der Waals surface area contributed by atoms with Crippen molar-refractivity contribution in [2.24, 2.45) is 0 Å². The van der Waals surface area contributed by atoms with E-state index in [1.807, 2.05) is 0 Å². The van der Waals surface area contributed by atoms with Crippen molar-refractivity contribution in [1.29, 1.82) is 0 Å².